The number of alkyl halides is 1. The van der Waals surface area contributed by atoms with Gasteiger partial charge in [0.05, 0.1) is 11.3 Å². The van der Waals surface area contributed by atoms with Gasteiger partial charge in [0.15, 0.2) is 0 Å². The van der Waals surface area contributed by atoms with Gasteiger partial charge in [0.1, 0.15) is 0 Å². The lowest BCUT2D eigenvalue weighted by Crippen LogP contribution is -2.31. The molecule has 4 heteroatoms. The van der Waals surface area contributed by atoms with E-state index in [4.69, 9.17) is 0 Å². The van der Waals surface area contributed by atoms with E-state index in [0.717, 1.165) is 6.08 Å². The minimum absolute atomic E-state index is 0.142. The van der Waals surface area contributed by atoms with Crippen molar-refractivity contribution in [3.8, 4) is 0 Å². The Morgan fingerprint density at radius 2 is 2.45 bits per heavy atom. The van der Waals surface area contributed by atoms with Gasteiger partial charge >= 0.3 is 5.79 Å². The molecule has 0 N–H and O–H groups in total. The first-order chi connectivity index (χ1) is 5.04. The fourth-order valence-corrected chi connectivity index (χ4v) is 0.994. The molecule has 1 rings (SSSR count). The Bertz CT molecular complexity index is 247. The molecule has 60 valence electrons. The second kappa shape index (κ2) is 2.45. The standard InChI is InChI=1S/C7H8FNO2/c1-6-3-2-4-7(8,5-6)9(10)11/h2-4H,5H2,1H3. The largest absolute Gasteiger partial charge is 0.382 e. The number of hydrogen-bond acceptors (Lipinski definition) is 2. The van der Waals surface area contributed by atoms with Crippen LogP contribution in [-0.2, 0) is 0 Å². The van der Waals surface area contributed by atoms with Crippen molar-refractivity contribution in [2.24, 2.45) is 0 Å². The zero-order valence-electron chi connectivity index (χ0n) is 6.08. The van der Waals surface area contributed by atoms with Crippen LogP contribution in [0.4, 0.5) is 4.39 Å². The summed E-state index contributed by atoms with van der Waals surface area (Å²) in [5.74, 6) is -2.38. The van der Waals surface area contributed by atoms with Crippen LogP contribution >= 0.6 is 0 Å². The van der Waals surface area contributed by atoms with Crippen LogP contribution in [0.5, 0.6) is 0 Å². The van der Waals surface area contributed by atoms with Crippen LogP contribution < -0.4 is 0 Å². The van der Waals surface area contributed by atoms with E-state index in [9.17, 15) is 14.5 Å². The lowest BCUT2D eigenvalue weighted by Gasteiger charge is -2.15. The van der Waals surface area contributed by atoms with Crippen LogP contribution in [0.1, 0.15) is 13.3 Å². The highest BCUT2D eigenvalue weighted by Gasteiger charge is 2.41. The van der Waals surface area contributed by atoms with E-state index in [-0.39, 0.29) is 6.42 Å². The van der Waals surface area contributed by atoms with Crippen LogP contribution in [0, 0.1) is 10.1 Å². The van der Waals surface area contributed by atoms with Crippen LogP contribution in [0.15, 0.2) is 23.8 Å². The molecule has 0 aromatic heterocycles. The van der Waals surface area contributed by atoms with Gasteiger partial charge in [-0.05, 0) is 6.92 Å². The number of rotatable bonds is 1. The van der Waals surface area contributed by atoms with Crippen LogP contribution in [0.25, 0.3) is 0 Å². The first-order valence-corrected chi connectivity index (χ1v) is 3.23. The van der Waals surface area contributed by atoms with Crippen molar-refractivity contribution in [3.05, 3.63) is 33.9 Å². The van der Waals surface area contributed by atoms with Crippen LogP contribution in [0.3, 0.4) is 0 Å². The number of nitro groups is 1. The molecule has 0 fully saturated rings. The predicted molar refractivity (Wildman–Crippen MR) is 38.3 cm³/mol. The zero-order chi connectivity index (χ0) is 8.48. The molecule has 11 heavy (non-hydrogen) atoms. The molecule has 0 saturated carbocycles. The monoisotopic (exact) mass is 157 g/mol. The molecule has 0 amide bonds. The normalized spacial score (nSPS) is 29.8. The predicted octanol–water partition coefficient (Wildman–Crippen LogP) is 1.84. The Morgan fingerprint density at radius 1 is 1.82 bits per heavy atom. The van der Waals surface area contributed by atoms with Gasteiger partial charge in [-0.3, -0.25) is 10.1 Å². The quantitative estimate of drug-likeness (QED) is 0.331. The molecule has 0 aliphatic heterocycles. The summed E-state index contributed by atoms with van der Waals surface area (Å²) in [6.07, 6.45) is 3.87. The van der Waals surface area contributed by atoms with E-state index in [1.165, 1.54) is 6.08 Å². The van der Waals surface area contributed by atoms with Crippen LogP contribution in [-0.4, -0.2) is 10.7 Å². The third-order valence-corrected chi connectivity index (χ3v) is 1.56. The van der Waals surface area contributed by atoms with Gasteiger partial charge in [-0.15, -0.1) is 0 Å². The first kappa shape index (κ1) is 7.91. The summed E-state index contributed by atoms with van der Waals surface area (Å²) in [5.41, 5.74) is 0.687. The summed E-state index contributed by atoms with van der Waals surface area (Å²) in [7, 11) is 0. The number of allylic oxidation sites excluding steroid dienone is 2. The van der Waals surface area contributed by atoms with E-state index in [1.807, 2.05) is 0 Å². The molecule has 1 aliphatic carbocycles. The highest BCUT2D eigenvalue weighted by Crippen LogP contribution is 2.26. The second-order valence-corrected chi connectivity index (χ2v) is 2.62. The molecule has 0 bridgehead atoms. The SMILES string of the molecule is CC1=CC=CC(F)([N+](=O)[O-])C1. The average Bonchev–Trinajstić information content (AvgIpc) is 1.86. The maximum absolute atomic E-state index is 13.1. The van der Waals surface area contributed by atoms with E-state index in [1.54, 1.807) is 13.0 Å². The average molecular weight is 157 g/mol. The van der Waals surface area contributed by atoms with Gasteiger partial charge in [0.2, 0.25) is 0 Å². The van der Waals surface area contributed by atoms with Gasteiger partial charge in [-0.2, -0.15) is 4.39 Å². The number of hydrogen-bond donors (Lipinski definition) is 0. The van der Waals surface area contributed by atoms with Crippen LogP contribution in [0.2, 0.25) is 0 Å². The smallest absolute Gasteiger partial charge is 0.261 e. The lowest BCUT2D eigenvalue weighted by molar-refractivity contribution is -0.589. The fraction of sp³-hybridized carbons (Fsp3) is 0.429. The van der Waals surface area contributed by atoms with E-state index >= 15 is 0 Å². The summed E-state index contributed by atoms with van der Waals surface area (Å²) in [4.78, 5) is 9.27. The van der Waals surface area contributed by atoms with E-state index in [2.05, 4.69) is 0 Å². The highest BCUT2D eigenvalue weighted by atomic mass is 19.1. The third-order valence-electron chi connectivity index (χ3n) is 1.56. The van der Waals surface area contributed by atoms with E-state index in [0.29, 0.717) is 5.57 Å². The maximum Gasteiger partial charge on any atom is 0.382 e. The Morgan fingerprint density at radius 3 is 2.82 bits per heavy atom. The molecule has 0 radical (unpaired) electrons. The van der Waals surface area contributed by atoms with Crippen molar-refractivity contribution in [1.29, 1.82) is 0 Å². The molecular formula is C7H8FNO2. The molecule has 3 nitrogen and oxygen atoms in total. The Labute approximate surface area is 63.4 Å². The maximum atomic E-state index is 13.1. The van der Waals surface area contributed by atoms with Gasteiger partial charge in [-0.1, -0.05) is 17.7 Å². The molecule has 0 heterocycles. The summed E-state index contributed by atoms with van der Waals surface area (Å²) in [6.45, 7) is 1.67. The second-order valence-electron chi connectivity index (χ2n) is 2.62. The highest BCUT2D eigenvalue weighted by molar-refractivity contribution is 5.21. The van der Waals surface area contributed by atoms with Gasteiger partial charge < -0.3 is 0 Å². The molecule has 1 aliphatic rings. The molecule has 0 saturated heterocycles. The Hall–Kier alpha value is -1.19. The van der Waals surface area contributed by atoms with Crippen molar-refractivity contribution in [2.45, 2.75) is 19.1 Å². The molecular weight excluding hydrogens is 149 g/mol. The fourth-order valence-electron chi connectivity index (χ4n) is 0.994. The van der Waals surface area contributed by atoms with Crippen molar-refractivity contribution in [3.63, 3.8) is 0 Å². The zero-order valence-corrected chi connectivity index (χ0v) is 6.08. The minimum atomic E-state index is -2.38. The van der Waals surface area contributed by atoms with E-state index < -0.39 is 10.7 Å². The van der Waals surface area contributed by atoms with Gasteiger partial charge in [0.25, 0.3) is 0 Å². The Kier molecular flexibility index (Phi) is 1.76. The summed E-state index contributed by atoms with van der Waals surface area (Å²) in [5, 5.41) is 10.2. The van der Waals surface area contributed by atoms with Crippen molar-refractivity contribution >= 4 is 0 Å². The summed E-state index contributed by atoms with van der Waals surface area (Å²) >= 11 is 0. The third kappa shape index (κ3) is 1.45. The number of nitrogens with zero attached hydrogens (tertiary/aromatic N) is 1. The summed E-state index contributed by atoms with van der Waals surface area (Å²) < 4.78 is 13.1. The minimum Gasteiger partial charge on any atom is -0.261 e. The molecule has 1 unspecified atom stereocenters. The topological polar surface area (TPSA) is 43.1 Å². The Balaban J connectivity index is 2.86. The van der Waals surface area contributed by atoms with Gasteiger partial charge in [0, 0.05) is 6.08 Å². The molecule has 0 spiro atoms. The van der Waals surface area contributed by atoms with Gasteiger partial charge in [-0.25, -0.2) is 0 Å². The first-order valence-electron chi connectivity index (χ1n) is 3.23. The molecule has 1 atom stereocenters. The molecule has 0 aromatic rings. The lowest BCUT2D eigenvalue weighted by atomic mass is 10.0. The molecule has 0 aromatic carbocycles. The van der Waals surface area contributed by atoms with Crippen molar-refractivity contribution < 1.29 is 9.31 Å². The van der Waals surface area contributed by atoms with Crippen molar-refractivity contribution in [1.82, 2.24) is 0 Å². The van der Waals surface area contributed by atoms with Crippen molar-refractivity contribution in [2.75, 3.05) is 0 Å². The summed E-state index contributed by atoms with van der Waals surface area (Å²) in [6, 6.07) is 0. The number of halogens is 1.